The maximum atomic E-state index is 12.1. The van der Waals surface area contributed by atoms with Gasteiger partial charge in [0.2, 0.25) is 10.0 Å². The van der Waals surface area contributed by atoms with Crippen LogP contribution in [0.2, 0.25) is 0 Å². The van der Waals surface area contributed by atoms with Crippen molar-refractivity contribution in [3.05, 3.63) is 35.9 Å². The van der Waals surface area contributed by atoms with E-state index in [0.29, 0.717) is 19.5 Å². The first-order chi connectivity index (χ1) is 9.06. The first-order valence-corrected chi connectivity index (χ1v) is 8.35. The normalized spacial score (nSPS) is 11.9. The molecule has 0 spiro atoms. The summed E-state index contributed by atoms with van der Waals surface area (Å²) in [6.45, 7) is 1.25. The van der Waals surface area contributed by atoms with Gasteiger partial charge >= 0.3 is 0 Å². The Labute approximate surface area is 116 Å². The van der Waals surface area contributed by atoms with Crippen molar-refractivity contribution in [3.8, 4) is 0 Å². The number of aryl methyl sites for hydroxylation is 1. The minimum atomic E-state index is -3.14. The number of hydrogen-bond acceptors (Lipinski definition) is 3. The molecule has 0 aliphatic heterocycles. The summed E-state index contributed by atoms with van der Waals surface area (Å²) in [4.78, 5) is 0. The Morgan fingerprint density at radius 3 is 2.42 bits per heavy atom. The molecule has 0 heterocycles. The molecule has 19 heavy (non-hydrogen) atoms. The second-order valence-electron chi connectivity index (χ2n) is 4.72. The molecule has 2 N–H and O–H groups in total. The third-order valence-corrected chi connectivity index (χ3v) is 5.00. The van der Waals surface area contributed by atoms with Crippen LogP contribution in [0.3, 0.4) is 0 Å². The monoisotopic (exact) mass is 284 g/mol. The highest BCUT2D eigenvalue weighted by Gasteiger charge is 2.16. The molecule has 0 saturated heterocycles. The average molecular weight is 284 g/mol. The summed E-state index contributed by atoms with van der Waals surface area (Å²) in [7, 11) is -1.49. The van der Waals surface area contributed by atoms with Gasteiger partial charge in [-0.25, -0.2) is 12.7 Å². The van der Waals surface area contributed by atoms with Gasteiger partial charge in [-0.15, -0.1) is 0 Å². The number of benzene rings is 1. The van der Waals surface area contributed by atoms with E-state index >= 15 is 0 Å². The van der Waals surface area contributed by atoms with Crippen LogP contribution < -0.4 is 5.73 Å². The molecule has 0 amide bonds. The van der Waals surface area contributed by atoms with Gasteiger partial charge in [0.1, 0.15) is 0 Å². The van der Waals surface area contributed by atoms with Gasteiger partial charge in [-0.2, -0.15) is 0 Å². The predicted octanol–water partition coefficient (Wildman–Crippen LogP) is 1.62. The van der Waals surface area contributed by atoms with E-state index in [9.17, 15) is 8.42 Å². The molecular formula is C14H24N2O2S. The van der Waals surface area contributed by atoms with Gasteiger partial charge in [0.15, 0.2) is 0 Å². The van der Waals surface area contributed by atoms with E-state index < -0.39 is 10.0 Å². The van der Waals surface area contributed by atoms with Crippen LogP contribution in [0.15, 0.2) is 30.3 Å². The summed E-state index contributed by atoms with van der Waals surface area (Å²) >= 11 is 0. The molecule has 0 radical (unpaired) electrons. The van der Waals surface area contributed by atoms with Crippen LogP contribution in [0.25, 0.3) is 0 Å². The highest BCUT2D eigenvalue weighted by atomic mass is 32.2. The number of nitrogens with two attached hydrogens (primary N) is 1. The van der Waals surface area contributed by atoms with Crippen LogP contribution in [0.4, 0.5) is 0 Å². The minimum absolute atomic E-state index is 0.171. The van der Waals surface area contributed by atoms with Crippen LogP contribution in [-0.2, 0) is 16.4 Å². The summed E-state index contributed by atoms with van der Waals surface area (Å²) in [5.74, 6) is 0.171. The summed E-state index contributed by atoms with van der Waals surface area (Å²) in [5, 5.41) is 0. The summed E-state index contributed by atoms with van der Waals surface area (Å²) in [5.41, 5.74) is 6.47. The van der Waals surface area contributed by atoms with Crippen LogP contribution in [-0.4, -0.2) is 38.6 Å². The Morgan fingerprint density at radius 1 is 1.11 bits per heavy atom. The maximum absolute atomic E-state index is 12.1. The van der Waals surface area contributed by atoms with Gasteiger partial charge in [0, 0.05) is 13.6 Å². The largest absolute Gasteiger partial charge is 0.330 e. The van der Waals surface area contributed by atoms with E-state index in [1.165, 1.54) is 4.31 Å². The third-order valence-electron chi connectivity index (χ3n) is 3.14. The van der Waals surface area contributed by atoms with E-state index in [1.54, 1.807) is 7.05 Å². The van der Waals surface area contributed by atoms with E-state index in [0.717, 1.165) is 24.8 Å². The Hall–Kier alpha value is -0.910. The molecule has 0 aliphatic rings. The first kappa shape index (κ1) is 16.1. The average Bonchev–Trinajstić information content (AvgIpc) is 2.42. The van der Waals surface area contributed by atoms with E-state index in [4.69, 9.17) is 5.73 Å². The number of sulfonamides is 1. The predicted molar refractivity (Wildman–Crippen MR) is 79.5 cm³/mol. The molecule has 0 fully saturated rings. The van der Waals surface area contributed by atoms with Crippen molar-refractivity contribution in [1.29, 1.82) is 0 Å². The quantitative estimate of drug-likeness (QED) is 0.701. The fourth-order valence-electron chi connectivity index (χ4n) is 1.84. The van der Waals surface area contributed by atoms with Crippen LogP contribution in [0.1, 0.15) is 24.8 Å². The molecular weight excluding hydrogens is 260 g/mol. The van der Waals surface area contributed by atoms with E-state index in [2.05, 4.69) is 0 Å². The van der Waals surface area contributed by atoms with Gasteiger partial charge in [-0.1, -0.05) is 36.8 Å². The van der Waals surface area contributed by atoms with Crippen molar-refractivity contribution in [1.82, 2.24) is 4.31 Å². The van der Waals surface area contributed by atoms with Crippen molar-refractivity contribution in [3.63, 3.8) is 0 Å². The second-order valence-corrected chi connectivity index (χ2v) is 6.92. The Bertz CT molecular complexity index is 446. The van der Waals surface area contributed by atoms with Gasteiger partial charge < -0.3 is 5.73 Å². The van der Waals surface area contributed by atoms with E-state index in [-0.39, 0.29) is 5.75 Å². The molecule has 0 bridgehead atoms. The maximum Gasteiger partial charge on any atom is 0.214 e. The molecule has 0 unspecified atom stereocenters. The lowest BCUT2D eigenvalue weighted by atomic mass is 10.2. The van der Waals surface area contributed by atoms with Gasteiger partial charge in [0.05, 0.1) is 5.75 Å². The van der Waals surface area contributed by atoms with Gasteiger partial charge in [-0.05, 0) is 31.4 Å². The zero-order valence-electron chi connectivity index (χ0n) is 11.6. The topological polar surface area (TPSA) is 63.4 Å². The Kier molecular flexibility index (Phi) is 7.05. The van der Waals surface area contributed by atoms with Gasteiger partial charge in [0.25, 0.3) is 0 Å². The third kappa shape index (κ3) is 6.18. The standard InChI is InChI=1S/C14H24N2O2S/c1-16(12-7-3-6-11-15)19(17,18)13-10-14-8-4-2-5-9-14/h2,4-5,8-9H,3,6-7,10-13,15H2,1H3. The lowest BCUT2D eigenvalue weighted by Gasteiger charge is -2.17. The lowest BCUT2D eigenvalue weighted by molar-refractivity contribution is 0.452. The number of nitrogens with zero attached hydrogens (tertiary/aromatic N) is 1. The number of hydrogen-bond donors (Lipinski definition) is 1. The highest BCUT2D eigenvalue weighted by molar-refractivity contribution is 7.89. The fraction of sp³-hybridized carbons (Fsp3) is 0.571. The number of unbranched alkanes of at least 4 members (excludes halogenated alkanes) is 2. The highest BCUT2D eigenvalue weighted by Crippen LogP contribution is 2.07. The summed E-state index contributed by atoms with van der Waals surface area (Å²) < 4.78 is 25.6. The van der Waals surface area contributed by atoms with E-state index in [1.807, 2.05) is 30.3 Å². The molecule has 0 atom stereocenters. The van der Waals surface area contributed by atoms with Crippen molar-refractivity contribution < 1.29 is 8.42 Å². The Morgan fingerprint density at radius 2 is 1.79 bits per heavy atom. The minimum Gasteiger partial charge on any atom is -0.330 e. The molecule has 0 aliphatic carbocycles. The zero-order valence-corrected chi connectivity index (χ0v) is 12.4. The number of rotatable bonds is 9. The second kappa shape index (κ2) is 8.30. The molecule has 1 rings (SSSR count). The van der Waals surface area contributed by atoms with Crippen molar-refractivity contribution in [2.45, 2.75) is 25.7 Å². The van der Waals surface area contributed by atoms with Crippen LogP contribution >= 0.6 is 0 Å². The molecule has 5 heteroatoms. The molecule has 0 aromatic heterocycles. The fourth-order valence-corrected chi connectivity index (χ4v) is 3.05. The molecule has 4 nitrogen and oxygen atoms in total. The zero-order chi connectivity index (χ0) is 14.1. The van der Waals surface area contributed by atoms with Crippen LogP contribution in [0, 0.1) is 0 Å². The van der Waals surface area contributed by atoms with Gasteiger partial charge in [-0.3, -0.25) is 0 Å². The van der Waals surface area contributed by atoms with Crippen molar-refractivity contribution >= 4 is 10.0 Å². The first-order valence-electron chi connectivity index (χ1n) is 6.74. The SMILES string of the molecule is CN(CCCCCN)S(=O)(=O)CCc1ccccc1. The molecule has 1 aromatic rings. The lowest BCUT2D eigenvalue weighted by Crippen LogP contribution is -2.31. The molecule has 1 aromatic carbocycles. The van der Waals surface area contributed by atoms with Crippen LogP contribution in [0.5, 0.6) is 0 Å². The molecule has 0 saturated carbocycles. The van der Waals surface area contributed by atoms with Crippen molar-refractivity contribution in [2.24, 2.45) is 5.73 Å². The summed E-state index contributed by atoms with van der Waals surface area (Å²) in [6.07, 6.45) is 3.38. The molecule has 108 valence electrons. The smallest absolute Gasteiger partial charge is 0.214 e. The Balaban J connectivity index is 2.38. The summed E-state index contributed by atoms with van der Waals surface area (Å²) in [6, 6.07) is 9.70. The van der Waals surface area contributed by atoms with Crippen molar-refractivity contribution in [2.75, 3.05) is 25.9 Å².